The van der Waals surface area contributed by atoms with Crippen molar-refractivity contribution in [2.45, 2.75) is 26.2 Å². The van der Waals surface area contributed by atoms with E-state index in [1.807, 2.05) is 30.3 Å². The molecule has 0 amide bonds. The molecule has 3 nitrogen and oxygen atoms in total. The van der Waals surface area contributed by atoms with Crippen molar-refractivity contribution in [1.29, 1.82) is 0 Å². The van der Waals surface area contributed by atoms with Gasteiger partial charge in [0.25, 0.3) is 0 Å². The highest BCUT2D eigenvalue weighted by Crippen LogP contribution is 2.35. The van der Waals surface area contributed by atoms with Gasteiger partial charge in [-0.1, -0.05) is 25.1 Å². The van der Waals surface area contributed by atoms with Gasteiger partial charge < -0.3 is 9.73 Å². The summed E-state index contributed by atoms with van der Waals surface area (Å²) in [7, 11) is 0. The van der Waals surface area contributed by atoms with E-state index in [1.165, 1.54) is 0 Å². The molecular formula is C16H19NO2. The van der Waals surface area contributed by atoms with Gasteiger partial charge in [-0.05, 0) is 37.9 Å². The molecule has 100 valence electrons. The van der Waals surface area contributed by atoms with Crippen LogP contribution >= 0.6 is 0 Å². The Bertz CT molecular complexity index is 561. The van der Waals surface area contributed by atoms with Gasteiger partial charge in [-0.15, -0.1) is 0 Å². The summed E-state index contributed by atoms with van der Waals surface area (Å²) in [4.78, 5) is 12.8. The summed E-state index contributed by atoms with van der Waals surface area (Å²) in [5.74, 6) is 0.658. The molecule has 3 rings (SSSR count). The van der Waals surface area contributed by atoms with Crippen LogP contribution in [0.5, 0.6) is 0 Å². The Morgan fingerprint density at radius 1 is 1.42 bits per heavy atom. The van der Waals surface area contributed by atoms with Crippen molar-refractivity contribution < 1.29 is 9.21 Å². The number of piperidine rings is 1. The minimum atomic E-state index is -0.286. The maximum atomic E-state index is 12.8. The number of hydrogen-bond donors (Lipinski definition) is 1. The lowest BCUT2D eigenvalue weighted by atomic mass is 9.74. The number of furan rings is 1. The van der Waals surface area contributed by atoms with Crippen molar-refractivity contribution in [2.75, 3.05) is 13.1 Å². The summed E-state index contributed by atoms with van der Waals surface area (Å²) in [5.41, 5.74) is 0.507. The first-order chi connectivity index (χ1) is 9.25. The average molecular weight is 257 g/mol. The highest BCUT2D eigenvalue weighted by Gasteiger charge is 2.39. The number of benzene rings is 1. The van der Waals surface area contributed by atoms with E-state index in [0.717, 1.165) is 43.3 Å². The molecule has 1 aliphatic rings. The molecule has 19 heavy (non-hydrogen) atoms. The van der Waals surface area contributed by atoms with E-state index in [-0.39, 0.29) is 11.2 Å². The summed E-state index contributed by atoms with van der Waals surface area (Å²) in [6.45, 7) is 3.86. The third-order valence-electron chi connectivity index (χ3n) is 4.28. The van der Waals surface area contributed by atoms with Crippen molar-refractivity contribution >= 4 is 16.8 Å². The van der Waals surface area contributed by atoms with E-state index in [4.69, 9.17) is 4.42 Å². The first kappa shape index (κ1) is 12.4. The molecule has 2 aromatic rings. The van der Waals surface area contributed by atoms with Crippen LogP contribution in [0.15, 0.2) is 34.7 Å². The van der Waals surface area contributed by atoms with Crippen LogP contribution in [0, 0.1) is 5.41 Å². The van der Waals surface area contributed by atoms with Crippen LogP contribution < -0.4 is 5.32 Å². The highest BCUT2D eigenvalue weighted by atomic mass is 16.3. The van der Waals surface area contributed by atoms with Gasteiger partial charge in [0.05, 0.1) is 0 Å². The van der Waals surface area contributed by atoms with Gasteiger partial charge in [-0.2, -0.15) is 0 Å². The number of hydrogen-bond acceptors (Lipinski definition) is 3. The van der Waals surface area contributed by atoms with Crippen LogP contribution in [0.25, 0.3) is 11.0 Å². The zero-order chi connectivity index (χ0) is 13.3. The smallest absolute Gasteiger partial charge is 0.205 e. The molecule has 1 atom stereocenters. The number of carbonyl (C=O) groups is 1. The Hall–Kier alpha value is -1.61. The fourth-order valence-electron chi connectivity index (χ4n) is 2.98. The van der Waals surface area contributed by atoms with Crippen LogP contribution in [-0.2, 0) is 0 Å². The minimum absolute atomic E-state index is 0.151. The third-order valence-corrected chi connectivity index (χ3v) is 4.28. The molecule has 1 aliphatic heterocycles. The molecule has 0 aliphatic carbocycles. The summed E-state index contributed by atoms with van der Waals surface area (Å²) < 4.78 is 5.73. The van der Waals surface area contributed by atoms with Gasteiger partial charge >= 0.3 is 0 Å². The van der Waals surface area contributed by atoms with Gasteiger partial charge in [0, 0.05) is 17.3 Å². The monoisotopic (exact) mass is 257 g/mol. The van der Waals surface area contributed by atoms with Crippen LogP contribution in [0.2, 0.25) is 0 Å². The lowest BCUT2D eigenvalue weighted by Gasteiger charge is -2.34. The van der Waals surface area contributed by atoms with E-state index in [1.54, 1.807) is 0 Å². The lowest BCUT2D eigenvalue weighted by molar-refractivity contribution is 0.0701. The van der Waals surface area contributed by atoms with Gasteiger partial charge in [0.1, 0.15) is 5.58 Å². The molecule has 1 aromatic carbocycles. The zero-order valence-corrected chi connectivity index (χ0v) is 11.2. The average Bonchev–Trinajstić information content (AvgIpc) is 2.91. The molecule has 0 bridgehead atoms. The number of para-hydroxylation sites is 1. The zero-order valence-electron chi connectivity index (χ0n) is 11.2. The Morgan fingerprint density at radius 2 is 2.26 bits per heavy atom. The number of carbonyl (C=O) groups excluding carboxylic acids is 1. The molecule has 1 N–H and O–H groups in total. The van der Waals surface area contributed by atoms with Gasteiger partial charge in [0.15, 0.2) is 5.76 Å². The number of nitrogens with one attached hydrogen (secondary N) is 1. The summed E-state index contributed by atoms with van der Waals surface area (Å²) in [6, 6.07) is 9.66. The SMILES string of the molecule is CCC1(C(=O)c2cc3ccccc3o2)CCCNC1. The predicted molar refractivity (Wildman–Crippen MR) is 75.4 cm³/mol. The molecule has 1 fully saturated rings. The minimum Gasteiger partial charge on any atom is -0.453 e. The van der Waals surface area contributed by atoms with Crippen molar-refractivity contribution in [3.05, 3.63) is 36.1 Å². The number of fused-ring (bicyclic) bond motifs is 1. The molecule has 0 radical (unpaired) electrons. The molecule has 2 heterocycles. The van der Waals surface area contributed by atoms with E-state index >= 15 is 0 Å². The predicted octanol–water partition coefficient (Wildman–Crippen LogP) is 3.40. The molecule has 0 spiro atoms. The van der Waals surface area contributed by atoms with Crippen molar-refractivity contribution in [3.8, 4) is 0 Å². The quantitative estimate of drug-likeness (QED) is 0.857. The first-order valence-corrected chi connectivity index (χ1v) is 6.99. The van der Waals surface area contributed by atoms with E-state index < -0.39 is 0 Å². The Morgan fingerprint density at radius 3 is 2.95 bits per heavy atom. The Labute approximate surface area is 113 Å². The number of rotatable bonds is 3. The topological polar surface area (TPSA) is 42.2 Å². The Kier molecular flexibility index (Phi) is 3.15. The second-order valence-corrected chi connectivity index (χ2v) is 5.39. The maximum absolute atomic E-state index is 12.8. The number of ketones is 1. The summed E-state index contributed by atoms with van der Waals surface area (Å²) in [6.07, 6.45) is 2.86. The standard InChI is InChI=1S/C16H19NO2/c1-2-16(8-5-9-17-11-16)15(18)14-10-12-6-3-4-7-13(12)19-14/h3-4,6-7,10,17H,2,5,8-9,11H2,1H3. The second kappa shape index (κ2) is 4.82. The number of Topliss-reactive ketones (excluding diaryl/α,β-unsaturated/α-hetero) is 1. The largest absolute Gasteiger partial charge is 0.453 e. The molecule has 1 unspecified atom stereocenters. The van der Waals surface area contributed by atoms with Gasteiger partial charge in [-0.25, -0.2) is 0 Å². The second-order valence-electron chi connectivity index (χ2n) is 5.39. The summed E-state index contributed by atoms with van der Waals surface area (Å²) in [5, 5.41) is 4.35. The van der Waals surface area contributed by atoms with Crippen molar-refractivity contribution in [2.24, 2.45) is 5.41 Å². The van der Waals surface area contributed by atoms with Gasteiger partial charge in [-0.3, -0.25) is 4.79 Å². The lowest BCUT2D eigenvalue weighted by Crippen LogP contribution is -2.45. The third kappa shape index (κ3) is 2.08. The fraction of sp³-hybridized carbons (Fsp3) is 0.438. The molecular weight excluding hydrogens is 238 g/mol. The van der Waals surface area contributed by atoms with Crippen LogP contribution in [0.3, 0.4) is 0 Å². The molecule has 0 saturated carbocycles. The van der Waals surface area contributed by atoms with Crippen LogP contribution in [0.1, 0.15) is 36.7 Å². The molecule has 1 aromatic heterocycles. The van der Waals surface area contributed by atoms with Crippen LogP contribution in [0.4, 0.5) is 0 Å². The van der Waals surface area contributed by atoms with Crippen molar-refractivity contribution in [1.82, 2.24) is 5.32 Å². The fourth-order valence-corrected chi connectivity index (χ4v) is 2.98. The summed E-state index contributed by atoms with van der Waals surface area (Å²) >= 11 is 0. The van der Waals surface area contributed by atoms with Crippen LogP contribution in [-0.4, -0.2) is 18.9 Å². The molecule has 3 heteroatoms. The van der Waals surface area contributed by atoms with E-state index in [0.29, 0.717) is 5.76 Å². The Balaban J connectivity index is 1.97. The molecule has 1 saturated heterocycles. The highest BCUT2D eigenvalue weighted by molar-refractivity contribution is 6.01. The van der Waals surface area contributed by atoms with E-state index in [9.17, 15) is 4.79 Å². The van der Waals surface area contributed by atoms with Gasteiger partial charge in [0.2, 0.25) is 5.78 Å². The first-order valence-electron chi connectivity index (χ1n) is 6.99. The maximum Gasteiger partial charge on any atom is 0.205 e. The van der Waals surface area contributed by atoms with Crippen molar-refractivity contribution in [3.63, 3.8) is 0 Å². The normalized spacial score (nSPS) is 23.6. The van der Waals surface area contributed by atoms with E-state index in [2.05, 4.69) is 12.2 Å².